The van der Waals surface area contributed by atoms with E-state index in [9.17, 15) is 9.50 Å². The van der Waals surface area contributed by atoms with Gasteiger partial charge in [0, 0.05) is 17.8 Å². The van der Waals surface area contributed by atoms with Gasteiger partial charge < -0.3 is 24.6 Å². The van der Waals surface area contributed by atoms with Crippen molar-refractivity contribution in [3.8, 4) is 22.9 Å². The molecule has 1 unspecified atom stereocenters. The van der Waals surface area contributed by atoms with E-state index in [4.69, 9.17) is 21.5 Å². The fourth-order valence-corrected chi connectivity index (χ4v) is 4.04. The minimum atomic E-state index is -0.437. The van der Waals surface area contributed by atoms with Gasteiger partial charge in [-0.1, -0.05) is 23.4 Å². The first-order valence-corrected chi connectivity index (χ1v) is 10.1. The number of nitrogens with one attached hydrogen (secondary N) is 1. The van der Waals surface area contributed by atoms with E-state index >= 15 is 0 Å². The van der Waals surface area contributed by atoms with Crippen LogP contribution in [0.4, 0.5) is 4.39 Å². The van der Waals surface area contributed by atoms with E-state index in [-0.39, 0.29) is 23.3 Å². The van der Waals surface area contributed by atoms with Crippen molar-refractivity contribution < 1.29 is 18.8 Å². The molecule has 0 saturated heterocycles. The summed E-state index contributed by atoms with van der Waals surface area (Å²) in [5, 5.41) is 18.2. The highest BCUT2D eigenvalue weighted by Gasteiger charge is 2.34. The van der Waals surface area contributed by atoms with Gasteiger partial charge in [-0.25, -0.2) is 4.39 Å². The van der Waals surface area contributed by atoms with E-state index in [0.717, 1.165) is 16.8 Å². The fraction of sp³-hybridized carbons (Fsp3) is 0.227. The van der Waals surface area contributed by atoms with Crippen LogP contribution < -0.4 is 10.1 Å². The lowest BCUT2D eigenvalue weighted by molar-refractivity contribution is 0.372. The standard InChI is InChI=1S/C22H21FN4O3S/c1-4-27-12(2)18(21-25-20(26-30-21)14-6-5-7-15(23)10-14)19(24-22(27)31)13-8-9-17(29-3)16(28)11-13/h5-11,19,28H,4H2,1-3H3,(H,24,31). The summed E-state index contributed by atoms with van der Waals surface area (Å²) < 4.78 is 24.4. The van der Waals surface area contributed by atoms with E-state index in [1.807, 2.05) is 24.8 Å². The Balaban J connectivity index is 1.82. The third-order valence-corrected chi connectivity index (χ3v) is 5.53. The molecule has 1 aliphatic heterocycles. The predicted octanol–water partition coefficient (Wildman–Crippen LogP) is 4.27. The number of benzene rings is 2. The topological polar surface area (TPSA) is 83.7 Å². The molecule has 9 heteroatoms. The molecule has 0 saturated carbocycles. The smallest absolute Gasteiger partial charge is 0.258 e. The highest BCUT2D eigenvalue weighted by Crippen LogP contribution is 2.39. The van der Waals surface area contributed by atoms with Gasteiger partial charge in [-0.2, -0.15) is 4.98 Å². The van der Waals surface area contributed by atoms with E-state index in [1.165, 1.54) is 19.2 Å². The molecular formula is C22H21FN4O3S. The average molecular weight is 441 g/mol. The van der Waals surface area contributed by atoms with Crippen molar-refractivity contribution in [3.05, 3.63) is 65.4 Å². The zero-order chi connectivity index (χ0) is 22.1. The average Bonchev–Trinajstić information content (AvgIpc) is 3.23. The van der Waals surface area contributed by atoms with E-state index in [1.54, 1.807) is 24.3 Å². The molecule has 4 rings (SSSR count). The van der Waals surface area contributed by atoms with Crippen LogP contribution in [0.3, 0.4) is 0 Å². The maximum absolute atomic E-state index is 13.6. The minimum absolute atomic E-state index is 0.00798. The van der Waals surface area contributed by atoms with Crippen LogP contribution in [0.5, 0.6) is 11.5 Å². The van der Waals surface area contributed by atoms with Crippen LogP contribution in [-0.2, 0) is 0 Å². The van der Waals surface area contributed by atoms with Gasteiger partial charge in [-0.3, -0.25) is 0 Å². The number of methoxy groups -OCH3 is 1. The second kappa shape index (κ2) is 8.35. The Bertz CT molecular complexity index is 1180. The summed E-state index contributed by atoms with van der Waals surface area (Å²) in [7, 11) is 1.49. The molecule has 31 heavy (non-hydrogen) atoms. The summed E-state index contributed by atoms with van der Waals surface area (Å²) in [6.45, 7) is 4.56. The predicted molar refractivity (Wildman–Crippen MR) is 118 cm³/mol. The van der Waals surface area contributed by atoms with Crippen LogP contribution in [0.1, 0.15) is 31.3 Å². The maximum atomic E-state index is 13.6. The molecule has 7 nitrogen and oxygen atoms in total. The van der Waals surface area contributed by atoms with E-state index in [0.29, 0.717) is 23.0 Å². The Morgan fingerprint density at radius 1 is 1.29 bits per heavy atom. The first kappa shape index (κ1) is 20.8. The van der Waals surface area contributed by atoms with Gasteiger partial charge in [0.05, 0.1) is 18.7 Å². The second-order valence-corrected chi connectivity index (χ2v) is 7.38. The van der Waals surface area contributed by atoms with Gasteiger partial charge in [0.15, 0.2) is 16.6 Å². The number of phenolic OH excluding ortho intramolecular Hbond substituents is 1. The Morgan fingerprint density at radius 3 is 2.77 bits per heavy atom. The molecule has 1 aromatic heterocycles. The van der Waals surface area contributed by atoms with E-state index in [2.05, 4.69) is 15.5 Å². The van der Waals surface area contributed by atoms with Crippen molar-refractivity contribution in [3.63, 3.8) is 0 Å². The zero-order valence-corrected chi connectivity index (χ0v) is 18.0. The van der Waals surface area contributed by atoms with Crippen molar-refractivity contribution in [2.24, 2.45) is 0 Å². The number of rotatable bonds is 5. The van der Waals surface area contributed by atoms with Crippen molar-refractivity contribution in [1.82, 2.24) is 20.4 Å². The van der Waals surface area contributed by atoms with Crippen molar-refractivity contribution in [1.29, 1.82) is 0 Å². The first-order chi connectivity index (χ1) is 14.9. The quantitative estimate of drug-likeness (QED) is 0.569. The molecule has 1 atom stereocenters. The van der Waals surface area contributed by atoms with Gasteiger partial charge in [0.2, 0.25) is 5.82 Å². The SMILES string of the molecule is CCN1C(=S)NC(c2ccc(OC)c(O)c2)C(c2nc(-c3cccc(F)c3)no2)=C1C. The van der Waals surface area contributed by atoms with Crippen molar-refractivity contribution in [2.75, 3.05) is 13.7 Å². The molecule has 0 fully saturated rings. The summed E-state index contributed by atoms with van der Waals surface area (Å²) in [4.78, 5) is 6.45. The van der Waals surface area contributed by atoms with Gasteiger partial charge in [-0.05, 0) is 55.9 Å². The van der Waals surface area contributed by atoms with Crippen LogP contribution in [0, 0.1) is 5.82 Å². The third-order valence-electron chi connectivity index (χ3n) is 5.19. The molecule has 2 heterocycles. The number of hydrogen-bond donors (Lipinski definition) is 2. The number of thiocarbonyl (C=S) groups is 1. The van der Waals surface area contributed by atoms with Crippen molar-refractivity contribution in [2.45, 2.75) is 19.9 Å². The number of halogens is 1. The zero-order valence-electron chi connectivity index (χ0n) is 17.2. The lowest BCUT2D eigenvalue weighted by atomic mass is 9.94. The van der Waals surface area contributed by atoms with Gasteiger partial charge in [0.25, 0.3) is 5.89 Å². The van der Waals surface area contributed by atoms with Crippen LogP contribution in [-0.4, -0.2) is 38.9 Å². The first-order valence-electron chi connectivity index (χ1n) is 9.68. The number of ether oxygens (including phenoxy) is 1. The Hall–Kier alpha value is -3.46. The summed E-state index contributed by atoms with van der Waals surface area (Å²) in [5.41, 5.74) is 2.82. The van der Waals surface area contributed by atoms with Crippen LogP contribution in [0.15, 0.2) is 52.7 Å². The number of aromatic nitrogens is 2. The monoisotopic (exact) mass is 440 g/mol. The highest BCUT2D eigenvalue weighted by atomic mass is 32.1. The molecule has 2 aromatic carbocycles. The molecular weight excluding hydrogens is 419 g/mol. The van der Waals surface area contributed by atoms with E-state index < -0.39 is 6.04 Å². The molecule has 160 valence electrons. The molecule has 0 aliphatic carbocycles. The van der Waals surface area contributed by atoms with Crippen molar-refractivity contribution >= 4 is 22.9 Å². The largest absolute Gasteiger partial charge is 0.504 e. The Morgan fingerprint density at radius 2 is 2.10 bits per heavy atom. The van der Waals surface area contributed by atoms with Gasteiger partial charge in [-0.15, -0.1) is 0 Å². The highest BCUT2D eigenvalue weighted by molar-refractivity contribution is 7.80. The summed E-state index contributed by atoms with van der Waals surface area (Å²) >= 11 is 5.55. The molecule has 1 aliphatic rings. The number of nitrogens with zero attached hydrogens (tertiary/aromatic N) is 3. The van der Waals surface area contributed by atoms with Crippen LogP contribution in [0.2, 0.25) is 0 Å². The van der Waals surface area contributed by atoms with Gasteiger partial charge in [0.1, 0.15) is 5.82 Å². The van der Waals surface area contributed by atoms with Gasteiger partial charge >= 0.3 is 0 Å². The number of phenols is 1. The van der Waals surface area contributed by atoms with Crippen LogP contribution in [0.25, 0.3) is 17.0 Å². The normalized spacial score (nSPS) is 16.5. The molecule has 0 spiro atoms. The molecule has 3 aromatic rings. The van der Waals surface area contributed by atoms with Crippen LogP contribution >= 0.6 is 12.2 Å². The number of allylic oxidation sites excluding steroid dienone is 1. The second-order valence-electron chi connectivity index (χ2n) is 6.99. The Labute approximate surface area is 184 Å². The fourth-order valence-electron chi connectivity index (χ4n) is 3.65. The summed E-state index contributed by atoms with van der Waals surface area (Å²) in [5.74, 6) is 0.555. The summed E-state index contributed by atoms with van der Waals surface area (Å²) in [6, 6.07) is 10.7. The number of aromatic hydroxyl groups is 1. The molecule has 0 amide bonds. The molecule has 0 radical (unpaired) electrons. The lowest BCUT2D eigenvalue weighted by Crippen LogP contribution is -2.45. The summed E-state index contributed by atoms with van der Waals surface area (Å²) in [6.07, 6.45) is 0. The molecule has 0 bridgehead atoms. The lowest BCUT2D eigenvalue weighted by Gasteiger charge is -2.36. The third kappa shape index (κ3) is 3.84. The number of hydrogen-bond acceptors (Lipinski definition) is 6. The maximum Gasteiger partial charge on any atom is 0.258 e. The molecule has 2 N–H and O–H groups in total. The minimum Gasteiger partial charge on any atom is -0.504 e. The Kier molecular flexibility index (Phi) is 5.60.